The molecule has 2 fully saturated rings. The van der Waals surface area contributed by atoms with Crippen LogP contribution in [0.3, 0.4) is 0 Å². The fourth-order valence-electron chi connectivity index (χ4n) is 4.08. The molecule has 0 radical (unpaired) electrons. The smallest absolute Gasteiger partial charge is 0.334 e. The normalized spacial score (nSPS) is 21.1. The van der Waals surface area contributed by atoms with E-state index in [0.717, 1.165) is 5.56 Å². The molecule has 12 heteroatoms. The summed E-state index contributed by atoms with van der Waals surface area (Å²) < 4.78 is 10.2. The highest BCUT2D eigenvalue weighted by Gasteiger charge is 2.51. The lowest BCUT2D eigenvalue weighted by Gasteiger charge is -2.54. The van der Waals surface area contributed by atoms with Crippen LogP contribution in [0.15, 0.2) is 24.3 Å². The van der Waals surface area contributed by atoms with Crippen molar-refractivity contribution in [2.75, 3.05) is 47.5 Å². The minimum atomic E-state index is -1.21. The number of hydrazine groups is 1. The number of likely N-dealkylation sites (N-methyl/N-ethyl adjacent to an activating group) is 1. The van der Waals surface area contributed by atoms with E-state index in [1.165, 1.54) is 26.9 Å². The van der Waals surface area contributed by atoms with Crippen molar-refractivity contribution < 1.29 is 33.8 Å². The van der Waals surface area contributed by atoms with Gasteiger partial charge in [0.05, 0.1) is 33.2 Å². The molecule has 180 valence electrons. The van der Waals surface area contributed by atoms with Gasteiger partial charge >= 0.3 is 12.0 Å². The number of piperazine rings is 1. The Bertz CT molecular complexity index is 893. The van der Waals surface area contributed by atoms with Crippen LogP contribution in [0.5, 0.6) is 5.75 Å². The lowest BCUT2D eigenvalue weighted by atomic mass is 10.0. The Labute approximate surface area is 191 Å². The van der Waals surface area contributed by atoms with Crippen LogP contribution >= 0.6 is 0 Å². The van der Waals surface area contributed by atoms with Crippen LogP contribution in [0.1, 0.15) is 12.0 Å². The number of urea groups is 1. The number of hydrogen-bond donors (Lipinski definition) is 2. The standard InChI is InChI=1S/C21H29N5O7/c1-23-13-18(27)25-16(10-19(28)29)20(30)24(8-9-32-2)12-17(25)26(23)21(31)22-11-14-4-6-15(33-3)7-5-14/h4-7,16-17H,8-13H2,1-3H3,(H,22,31)(H,28,29)/t16-,17-/m0/s1. The first kappa shape index (κ1) is 24.3. The van der Waals surface area contributed by atoms with E-state index in [1.807, 2.05) is 12.1 Å². The molecule has 0 aromatic heterocycles. The largest absolute Gasteiger partial charge is 0.497 e. The molecule has 0 spiro atoms. The number of rotatable bonds is 8. The van der Waals surface area contributed by atoms with Crippen molar-refractivity contribution in [1.82, 2.24) is 25.1 Å². The van der Waals surface area contributed by atoms with Gasteiger partial charge in [0.2, 0.25) is 11.8 Å². The number of carbonyl (C=O) groups excluding carboxylic acids is 3. The molecule has 0 unspecified atom stereocenters. The molecule has 2 heterocycles. The van der Waals surface area contributed by atoms with E-state index < -0.39 is 42.4 Å². The van der Waals surface area contributed by atoms with Crippen LogP contribution in [-0.2, 0) is 25.7 Å². The summed E-state index contributed by atoms with van der Waals surface area (Å²) in [4.78, 5) is 53.1. The minimum Gasteiger partial charge on any atom is -0.497 e. The average Bonchev–Trinajstić information content (AvgIpc) is 2.78. The summed E-state index contributed by atoms with van der Waals surface area (Å²) in [6, 6.07) is 5.55. The summed E-state index contributed by atoms with van der Waals surface area (Å²) in [7, 11) is 4.66. The molecule has 0 bridgehead atoms. The summed E-state index contributed by atoms with van der Waals surface area (Å²) in [6.45, 7) is 0.581. The zero-order chi connectivity index (χ0) is 24.1. The number of nitrogens with one attached hydrogen (secondary N) is 1. The molecule has 0 aliphatic carbocycles. The number of ether oxygens (including phenoxy) is 2. The second kappa shape index (κ2) is 10.5. The van der Waals surface area contributed by atoms with E-state index in [4.69, 9.17) is 9.47 Å². The molecule has 33 heavy (non-hydrogen) atoms. The van der Waals surface area contributed by atoms with Crippen LogP contribution < -0.4 is 10.1 Å². The second-order valence-corrected chi connectivity index (χ2v) is 7.84. The number of amides is 4. The fraction of sp³-hybridized carbons (Fsp3) is 0.524. The molecule has 12 nitrogen and oxygen atoms in total. The van der Waals surface area contributed by atoms with Gasteiger partial charge in [0.25, 0.3) is 0 Å². The molecule has 1 aromatic carbocycles. The lowest BCUT2D eigenvalue weighted by Crippen LogP contribution is -2.76. The van der Waals surface area contributed by atoms with Gasteiger partial charge < -0.3 is 29.7 Å². The zero-order valence-corrected chi connectivity index (χ0v) is 18.9. The van der Waals surface area contributed by atoms with Crippen molar-refractivity contribution >= 4 is 23.8 Å². The number of carbonyl (C=O) groups is 4. The average molecular weight is 463 g/mol. The van der Waals surface area contributed by atoms with Gasteiger partial charge in [-0.3, -0.25) is 14.4 Å². The minimum absolute atomic E-state index is 0.0460. The highest BCUT2D eigenvalue weighted by molar-refractivity contribution is 5.93. The Balaban J connectivity index is 1.82. The quantitative estimate of drug-likeness (QED) is 0.530. The Kier molecular flexibility index (Phi) is 7.71. The first-order valence-electron chi connectivity index (χ1n) is 10.5. The number of aliphatic carboxylic acids is 1. The van der Waals surface area contributed by atoms with Gasteiger partial charge in [-0.1, -0.05) is 12.1 Å². The van der Waals surface area contributed by atoms with Crippen LogP contribution in [-0.4, -0.2) is 108 Å². The van der Waals surface area contributed by atoms with E-state index in [0.29, 0.717) is 5.75 Å². The molecule has 2 aliphatic rings. The third kappa shape index (κ3) is 5.34. The number of fused-ring (bicyclic) bond motifs is 1. The van der Waals surface area contributed by atoms with Gasteiger partial charge in [0.15, 0.2) is 0 Å². The summed E-state index contributed by atoms with van der Waals surface area (Å²) in [5, 5.41) is 15.0. The van der Waals surface area contributed by atoms with Crippen LogP contribution in [0.2, 0.25) is 0 Å². The molecular weight excluding hydrogens is 434 g/mol. The van der Waals surface area contributed by atoms with E-state index in [2.05, 4.69) is 5.32 Å². The van der Waals surface area contributed by atoms with Crippen LogP contribution in [0, 0.1) is 0 Å². The molecule has 2 N–H and O–H groups in total. The number of methoxy groups -OCH3 is 2. The first-order chi connectivity index (χ1) is 15.8. The maximum atomic E-state index is 13.2. The van der Waals surface area contributed by atoms with E-state index in [1.54, 1.807) is 26.3 Å². The molecule has 2 saturated heterocycles. The van der Waals surface area contributed by atoms with Gasteiger partial charge in [-0.2, -0.15) is 0 Å². The highest BCUT2D eigenvalue weighted by Crippen LogP contribution is 2.27. The first-order valence-corrected chi connectivity index (χ1v) is 10.5. The third-order valence-electron chi connectivity index (χ3n) is 5.68. The van der Waals surface area contributed by atoms with Gasteiger partial charge in [0.1, 0.15) is 18.0 Å². The maximum Gasteiger partial charge on any atom is 0.334 e. The molecule has 1 aromatic rings. The number of hydrogen-bond acceptors (Lipinski definition) is 7. The Hall–Kier alpha value is -3.38. The zero-order valence-electron chi connectivity index (χ0n) is 18.9. The summed E-state index contributed by atoms with van der Waals surface area (Å²) in [5.74, 6) is -1.39. The number of benzene rings is 1. The van der Waals surface area contributed by atoms with Crippen molar-refractivity contribution in [3.05, 3.63) is 29.8 Å². The summed E-state index contributed by atoms with van der Waals surface area (Å²) in [5.41, 5.74) is 0.848. The molecule has 3 rings (SSSR count). The van der Waals surface area contributed by atoms with Crippen molar-refractivity contribution in [2.24, 2.45) is 0 Å². The van der Waals surface area contributed by atoms with Crippen molar-refractivity contribution in [3.63, 3.8) is 0 Å². The van der Waals surface area contributed by atoms with E-state index >= 15 is 0 Å². The number of carboxylic acid groups (broad SMARTS) is 1. The number of nitrogens with zero attached hydrogens (tertiary/aromatic N) is 4. The monoisotopic (exact) mass is 463 g/mol. The number of carboxylic acids is 1. The molecule has 2 aliphatic heterocycles. The lowest BCUT2D eigenvalue weighted by molar-refractivity contribution is -0.188. The fourth-order valence-corrected chi connectivity index (χ4v) is 4.08. The SMILES string of the molecule is COCCN1C[C@H]2N(C(=O)CN(C)N2C(=O)NCc2ccc(OC)cc2)[C@@H](CC(=O)O)C1=O. The topological polar surface area (TPSA) is 132 Å². The Morgan fingerprint density at radius 2 is 1.88 bits per heavy atom. The second-order valence-electron chi connectivity index (χ2n) is 7.84. The summed E-state index contributed by atoms with van der Waals surface area (Å²) in [6.07, 6.45) is -1.39. The Morgan fingerprint density at radius 3 is 2.48 bits per heavy atom. The highest BCUT2D eigenvalue weighted by atomic mass is 16.5. The summed E-state index contributed by atoms with van der Waals surface area (Å²) >= 11 is 0. The van der Waals surface area contributed by atoms with Crippen molar-refractivity contribution in [3.8, 4) is 5.75 Å². The predicted molar refractivity (Wildman–Crippen MR) is 115 cm³/mol. The maximum absolute atomic E-state index is 13.2. The molecule has 4 amide bonds. The Morgan fingerprint density at radius 1 is 1.18 bits per heavy atom. The van der Waals surface area contributed by atoms with E-state index in [-0.39, 0.29) is 32.8 Å². The third-order valence-corrected chi connectivity index (χ3v) is 5.68. The van der Waals surface area contributed by atoms with Gasteiger partial charge in [0, 0.05) is 27.2 Å². The van der Waals surface area contributed by atoms with E-state index in [9.17, 15) is 24.3 Å². The van der Waals surface area contributed by atoms with Crippen molar-refractivity contribution in [2.45, 2.75) is 25.2 Å². The predicted octanol–water partition coefficient (Wildman–Crippen LogP) is -0.446. The van der Waals surface area contributed by atoms with Gasteiger partial charge in [-0.15, -0.1) is 0 Å². The van der Waals surface area contributed by atoms with Crippen LogP contribution in [0.4, 0.5) is 4.79 Å². The van der Waals surface area contributed by atoms with Crippen LogP contribution in [0.25, 0.3) is 0 Å². The molecule has 2 atom stereocenters. The van der Waals surface area contributed by atoms with Gasteiger partial charge in [-0.05, 0) is 17.7 Å². The molecule has 0 saturated carbocycles. The van der Waals surface area contributed by atoms with Crippen molar-refractivity contribution in [1.29, 1.82) is 0 Å². The molecular formula is C21H29N5O7. The van der Waals surface area contributed by atoms with Gasteiger partial charge in [-0.25, -0.2) is 14.8 Å².